The highest BCUT2D eigenvalue weighted by atomic mass is 16.3. The molecule has 0 unspecified atom stereocenters. The van der Waals surface area contributed by atoms with Gasteiger partial charge in [-0.15, -0.1) is 0 Å². The van der Waals surface area contributed by atoms with Crippen molar-refractivity contribution in [1.82, 2.24) is 9.97 Å². The number of aromatic nitrogens is 2. The molecule has 3 nitrogen and oxygen atoms in total. The van der Waals surface area contributed by atoms with Crippen LogP contribution in [0.2, 0.25) is 0 Å². The van der Waals surface area contributed by atoms with Crippen molar-refractivity contribution in [1.29, 1.82) is 0 Å². The summed E-state index contributed by atoms with van der Waals surface area (Å²) in [6.07, 6.45) is 9.98. The SMILES string of the molecule is OCc1cnc(C2CCCCC2)cn1. The average Bonchev–Trinajstić information content (AvgIpc) is 2.30. The smallest absolute Gasteiger partial charge is 0.0868 e. The van der Waals surface area contributed by atoms with Crippen LogP contribution in [-0.2, 0) is 6.61 Å². The third kappa shape index (κ3) is 2.10. The molecule has 0 aliphatic heterocycles. The topological polar surface area (TPSA) is 46.0 Å². The Bertz CT molecular complexity index is 278. The highest BCUT2D eigenvalue weighted by molar-refractivity contribution is 5.07. The minimum absolute atomic E-state index is 0.0159. The number of nitrogens with zero attached hydrogens (tertiary/aromatic N) is 2. The van der Waals surface area contributed by atoms with Gasteiger partial charge in [-0.25, -0.2) is 0 Å². The first-order valence-corrected chi connectivity index (χ1v) is 5.32. The van der Waals surface area contributed by atoms with E-state index in [1.807, 2.05) is 6.20 Å². The number of aliphatic hydroxyl groups excluding tert-OH is 1. The van der Waals surface area contributed by atoms with Crippen molar-refractivity contribution in [2.45, 2.75) is 44.6 Å². The Labute approximate surface area is 84.2 Å². The molecule has 1 heterocycles. The van der Waals surface area contributed by atoms with Crippen molar-refractivity contribution < 1.29 is 5.11 Å². The first-order valence-electron chi connectivity index (χ1n) is 5.32. The summed E-state index contributed by atoms with van der Waals surface area (Å²) in [4.78, 5) is 8.51. The monoisotopic (exact) mass is 192 g/mol. The fourth-order valence-corrected chi connectivity index (χ4v) is 2.06. The zero-order chi connectivity index (χ0) is 9.80. The summed E-state index contributed by atoms with van der Waals surface area (Å²) in [6, 6.07) is 0. The van der Waals surface area contributed by atoms with Crippen molar-refractivity contribution in [2.75, 3.05) is 0 Å². The number of rotatable bonds is 2. The van der Waals surface area contributed by atoms with E-state index in [9.17, 15) is 0 Å². The molecular formula is C11H16N2O. The van der Waals surface area contributed by atoms with Gasteiger partial charge in [0.05, 0.1) is 24.2 Å². The van der Waals surface area contributed by atoms with Crippen LogP contribution < -0.4 is 0 Å². The first kappa shape index (κ1) is 9.59. The summed E-state index contributed by atoms with van der Waals surface area (Å²) in [7, 11) is 0. The maximum Gasteiger partial charge on any atom is 0.0868 e. The third-order valence-corrected chi connectivity index (χ3v) is 2.91. The van der Waals surface area contributed by atoms with Crippen LogP contribution in [0.5, 0.6) is 0 Å². The summed E-state index contributed by atoms with van der Waals surface area (Å²) in [5.74, 6) is 0.601. The van der Waals surface area contributed by atoms with Crippen LogP contribution in [0.25, 0.3) is 0 Å². The van der Waals surface area contributed by atoms with Crippen LogP contribution in [0.3, 0.4) is 0 Å². The van der Waals surface area contributed by atoms with Crippen LogP contribution in [-0.4, -0.2) is 15.1 Å². The molecule has 1 aromatic heterocycles. The minimum Gasteiger partial charge on any atom is -0.390 e. The fraction of sp³-hybridized carbons (Fsp3) is 0.636. The van der Waals surface area contributed by atoms with Crippen molar-refractivity contribution in [2.24, 2.45) is 0 Å². The van der Waals surface area contributed by atoms with Gasteiger partial charge in [-0.3, -0.25) is 9.97 Å². The Morgan fingerprint density at radius 2 is 1.93 bits per heavy atom. The molecule has 0 saturated heterocycles. The Morgan fingerprint density at radius 1 is 1.14 bits per heavy atom. The number of aliphatic hydroxyl groups is 1. The second-order valence-electron chi connectivity index (χ2n) is 3.93. The van der Waals surface area contributed by atoms with Crippen molar-refractivity contribution in [3.63, 3.8) is 0 Å². The first-order chi connectivity index (χ1) is 6.90. The van der Waals surface area contributed by atoms with Gasteiger partial charge in [0.15, 0.2) is 0 Å². The predicted molar refractivity (Wildman–Crippen MR) is 53.8 cm³/mol. The lowest BCUT2D eigenvalue weighted by Gasteiger charge is -2.20. The zero-order valence-electron chi connectivity index (χ0n) is 8.32. The summed E-state index contributed by atoms with van der Waals surface area (Å²) >= 11 is 0. The number of hydrogen-bond acceptors (Lipinski definition) is 3. The number of hydrogen-bond donors (Lipinski definition) is 1. The van der Waals surface area contributed by atoms with Gasteiger partial charge < -0.3 is 5.11 Å². The molecule has 14 heavy (non-hydrogen) atoms. The summed E-state index contributed by atoms with van der Waals surface area (Å²) in [6.45, 7) is -0.0159. The third-order valence-electron chi connectivity index (χ3n) is 2.91. The Morgan fingerprint density at radius 3 is 2.50 bits per heavy atom. The van der Waals surface area contributed by atoms with E-state index < -0.39 is 0 Å². The van der Waals surface area contributed by atoms with Crippen molar-refractivity contribution in [3.05, 3.63) is 23.8 Å². The van der Waals surface area contributed by atoms with Gasteiger partial charge in [-0.2, -0.15) is 0 Å². The molecule has 3 heteroatoms. The lowest BCUT2D eigenvalue weighted by Crippen LogP contribution is -2.07. The van der Waals surface area contributed by atoms with Gasteiger partial charge >= 0.3 is 0 Å². The van der Waals surface area contributed by atoms with Gasteiger partial charge in [0.25, 0.3) is 0 Å². The van der Waals surface area contributed by atoms with Crippen LogP contribution in [0.15, 0.2) is 12.4 Å². The van der Waals surface area contributed by atoms with Crippen LogP contribution in [0, 0.1) is 0 Å². The van der Waals surface area contributed by atoms with Gasteiger partial charge in [0.1, 0.15) is 0 Å². The Balaban J connectivity index is 2.07. The molecule has 0 amide bonds. The van der Waals surface area contributed by atoms with E-state index in [0.717, 1.165) is 5.69 Å². The maximum atomic E-state index is 8.84. The van der Waals surface area contributed by atoms with E-state index in [4.69, 9.17) is 5.11 Å². The second kappa shape index (κ2) is 4.51. The van der Waals surface area contributed by atoms with Gasteiger partial charge in [0, 0.05) is 12.1 Å². The van der Waals surface area contributed by atoms with Crippen LogP contribution in [0.4, 0.5) is 0 Å². The largest absolute Gasteiger partial charge is 0.390 e. The molecule has 1 fully saturated rings. The van der Waals surface area contributed by atoms with E-state index in [-0.39, 0.29) is 6.61 Å². The van der Waals surface area contributed by atoms with Crippen LogP contribution in [0.1, 0.15) is 49.4 Å². The second-order valence-corrected chi connectivity index (χ2v) is 3.93. The normalized spacial score (nSPS) is 18.4. The van der Waals surface area contributed by atoms with Gasteiger partial charge in [-0.1, -0.05) is 19.3 Å². The summed E-state index contributed by atoms with van der Waals surface area (Å²) < 4.78 is 0. The van der Waals surface area contributed by atoms with Crippen molar-refractivity contribution in [3.8, 4) is 0 Å². The standard InChI is InChI=1S/C11H16N2O/c14-8-10-6-13-11(7-12-10)9-4-2-1-3-5-9/h6-7,9,14H,1-5,8H2. The van der Waals surface area contributed by atoms with Crippen LogP contribution >= 0.6 is 0 Å². The molecule has 0 radical (unpaired) electrons. The Hall–Kier alpha value is -0.960. The molecule has 0 aromatic carbocycles. The highest BCUT2D eigenvalue weighted by Gasteiger charge is 2.16. The molecule has 1 saturated carbocycles. The molecule has 1 aliphatic carbocycles. The van der Waals surface area contributed by atoms with Gasteiger partial charge in [0.2, 0.25) is 0 Å². The zero-order valence-corrected chi connectivity index (χ0v) is 8.32. The molecule has 1 N–H and O–H groups in total. The maximum absolute atomic E-state index is 8.84. The minimum atomic E-state index is -0.0159. The average molecular weight is 192 g/mol. The summed E-state index contributed by atoms with van der Waals surface area (Å²) in [5.41, 5.74) is 1.76. The molecule has 0 spiro atoms. The highest BCUT2D eigenvalue weighted by Crippen LogP contribution is 2.30. The van der Waals surface area contributed by atoms with E-state index in [1.54, 1.807) is 6.20 Å². The molecule has 76 valence electrons. The molecular weight excluding hydrogens is 176 g/mol. The van der Waals surface area contributed by atoms with E-state index in [0.29, 0.717) is 11.6 Å². The van der Waals surface area contributed by atoms with Crippen molar-refractivity contribution >= 4 is 0 Å². The van der Waals surface area contributed by atoms with Gasteiger partial charge in [-0.05, 0) is 12.8 Å². The molecule has 2 rings (SSSR count). The van der Waals surface area contributed by atoms with E-state index in [2.05, 4.69) is 9.97 Å². The summed E-state index contributed by atoms with van der Waals surface area (Å²) in [5, 5.41) is 8.84. The van der Waals surface area contributed by atoms with E-state index in [1.165, 1.54) is 32.1 Å². The molecule has 1 aromatic rings. The quantitative estimate of drug-likeness (QED) is 0.779. The fourth-order valence-electron chi connectivity index (χ4n) is 2.06. The molecule has 0 atom stereocenters. The Kier molecular flexibility index (Phi) is 3.09. The van der Waals surface area contributed by atoms with E-state index >= 15 is 0 Å². The predicted octanol–water partition coefficient (Wildman–Crippen LogP) is 2.02. The lowest BCUT2D eigenvalue weighted by molar-refractivity contribution is 0.276. The lowest BCUT2D eigenvalue weighted by atomic mass is 9.87. The molecule has 0 bridgehead atoms. The molecule has 1 aliphatic rings.